The number of nitrogens with two attached hydrogens (primary N) is 1. The summed E-state index contributed by atoms with van der Waals surface area (Å²) in [5.74, 6) is 0.987. The zero-order valence-electron chi connectivity index (χ0n) is 8.68. The van der Waals surface area contributed by atoms with E-state index in [4.69, 9.17) is 5.73 Å². The van der Waals surface area contributed by atoms with Crippen LogP contribution < -0.4 is 11.1 Å². The van der Waals surface area contributed by atoms with E-state index in [1.165, 1.54) is 38.6 Å². The first-order chi connectivity index (χ1) is 6.21. The normalized spacial score (nSPS) is 39.7. The van der Waals surface area contributed by atoms with Crippen LogP contribution in [0.1, 0.15) is 39.0 Å². The van der Waals surface area contributed by atoms with E-state index < -0.39 is 0 Å². The minimum atomic E-state index is 0.384. The first-order valence-corrected chi connectivity index (χ1v) is 5.67. The zero-order chi connectivity index (χ0) is 9.31. The van der Waals surface area contributed by atoms with Crippen molar-refractivity contribution in [2.45, 2.75) is 45.1 Å². The van der Waals surface area contributed by atoms with E-state index in [1.807, 2.05) is 0 Å². The molecule has 2 saturated carbocycles. The van der Waals surface area contributed by atoms with Crippen LogP contribution in [0.4, 0.5) is 0 Å². The Morgan fingerprint density at radius 1 is 1.38 bits per heavy atom. The molecule has 0 heterocycles. The summed E-state index contributed by atoms with van der Waals surface area (Å²) in [6.07, 6.45) is 6.74. The summed E-state index contributed by atoms with van der Waals surface area (Å²) in [5, 5.41) is 3.58. The Kier molecular flexibility index (Phi) is 2.61. The van der Waals surface area contributed by atoms with Crippen LogP contribution in [-0.2, 0) is 0 Å². The molecule has 2 nitrogen and oxygen atoms in total. The van der Waals surface area contributed by atoms with E-state index in [0.717, 1.165) is 12.5 Å². The summed E-state index contributed by atoms with van der Waals surface area (Å²) in [7, 11) is 0. The van der Waals surface area contributed by atoms with Crippen LogP contribution in [0.15, 0.2) is 0 Å². The van der Waals surface area contributed by atoms with E-state index in [9.17, 15) is 0 Å². The summed E-state index contributed by atoms with van der Waals surface area (Å²) < 4.78 is 0. The Bertz CT molecular complexity index is 177. The highest BCUT2D eigenvalue weighted by Crippen LogP contribution is 2.36. The van der Waals surface area contributed by atoms with Gasteiger partial charge in [-0.25, -0.2) is 0 Å². The van der Waals surface area contributed by atoms with Crippen LogP contribution in [0.25, 0.3) is 0 Å². The van der Waals surface area contributed by atoms with Gasteiger partial charge in [-0.1, -0.05) is 13.3 Å². The lowest BCUT2D eigenvalue weighted by Crippen LogP contribution is -2.42. The fraction of sp³-hybridized carbons (Fsp3) is 1.00. The van der Waals surface area contributed by atoms with E-state index in [-0.39, 0.29) is 0 Å². The second-order valence-corrected chi connectivity index (χ2v) is 5.23. The van der Waals surface area contributed by atoms with Crippen LogP contribution in [0.2, 0.25) is 0 Å². The zero-order valence-corrected chi connectivity index (χ0v) is 8.68. The lowest BCUT2D eigenvalue weighted by Gasteiger charge is -2.29. The Balaban J connectivity index is 1.71. The van der Waals surface area contributed by atoms with E-state index in [0.29, 0.717) is 11.5 Å². The molecule has 0 bridgehead atoms. The molecule has 0 aromatic rings. The molecule has 0 aliphatic heterocycles. The van der Waals surface area contributed by atoms with Crippen molar-refractivity contribution < 1.29 is 0 Å². The van der Waals surface area contributed by atoms with Crippen molar-refractivity contribution in [1.82, 2.24) is 5.32 Å². The molecule has 2 fully saturated rings. The van der Waals surface area contributed by atoms with Crippen LogP contribution in [0.3, 0.4) is 0 Å². The summed E-state index contributed by atoms with van der Waals surface area (Å²) in [6, 6.07) is 0.430. The third-order valence-electron chi connectivity index (χ3n) is 3.82. The molecule has 0 spiro atoms. The molecule has 2 rings (SSSR count). The number of nitrogens with one attached hydrogen (secondary N) is 1. The summed E-state index contributed by atoms with van der Waals surface area (Å²) in [4.78, 5) is 0. The highest BCUT2D eigenvalue weighted by molar-refractivity contribution is 4.93. The largest absolute Gasteiger partial charge is 0.327 e. The van der Waals surface area contributed by atoms with Crippen LogP contribution in [0.5, 0.6) is 0 Å². The Labute approximate surface area is 81.3 Å². The summed E-state index contributed by atoms with van der Waals surface area (Å²) in [5.41, 5.74) is 6.49. The maximum absolute atomic E-state index is 6.11. The van der Waals surface area contributed by atoms with Crippen molar-refractivity contribution in [2.24, 2.45) is 17.1 Å². The van der Waals surface area contributed by atoms with Gasteiger partial charge in [0, 0.05) is 12.6 Å². The van der Waals surface area contributed by atoms with Gasteiger partial charge in [-0.05, 0) is 43.6 Å². The van der Waals surface area contributed by atoms with E-state index in [2.05, 4.69) is 12.2 Å². The van der Waals surface area contributed by atoms with Crippen LogP contribution >= 0.6 is 0 Å². The van der Waals surface area contributed by atoms with Gasteiger partial charge in [0.1, 0.15) is 0 Å². The van der Waals surface area contributed by atoms with Gasteiger partial charge < -0.3 is 11.1 Å². The van der Waals surface area contributed by atoms with Crippen molar-refractivity contribution in [2.75, 3.05) is 13.1 Å². The fourth-order valence-electron chi connectivity index (χ4n) is 2.36. The summed E-state index contributed by atoms with van der Waals surface area (Å²) >= 11 is 0. The van der Waals surface area contributed by atoms with E-state index in [1.54, 1.807) is 0 Å². The van der Waals surface area contributed by atoms with Gasteiger partial charge in [0.25, 0.3) is 0 Å². The molecule has 0 aromatic heterocycles. The predicted octanol–water partition coefficient (Wildman–Crippen LogP) is 1.50. The quantitative estimate of drug-likeness (QED) is 0.691. The molecule has 76 valence electrons. The maximum Gasteiger partial charge on any atom is 0.0105 e. The van der Waals surface area contributed by atoms with Gasteiger partial charge in [-0.3, -0.25) is 0 Å². The molecule has 2 heteroatoms. The lowest BCUT2D eigenvalue weighted by atomic mass is 9.85. The van der Waals surface area contributed by atoms with Gasteiger partial charge in [0.05, 0.1) is 0 Å². The molecule has 0 radical (unpaired) electrons. The number of hydrogen-bond donors (Lipinski definition) is 2. The second-order valence-electron chi connectivity index (χ2n) is 5.23. The number of rotatable bonds is 4. The SMILES string of the molecule is CC1(CNCC2CC2)CCCC1N. The maximum atomic E-state index is 6.11. The van der Waals surface area contributed by atoms with Gasteiger partial charge >= 0.3 is 0 Å². The van der Waals surface area contributed by atoms with Crippen molar-refractivity contribution in [3.8, 4) is 0 Å². The van der Waals surface area contributed by atoms with Crippen molar-refractivity contribution >= 4 is 0 Å². The average Bonchev–Trinajstić information content (AvgIpc) is 2.83. The van der Waals surface area contributed by atoms with Gasteiger partial charge in [-0.2, -0.15) is 0 Å². The van der Waals surface area contributed by atoms with Gasteiger partial charge in [-0.15, -0.1) is 0 Å². The smallest absolute Gasteiger partial charge is 0.0105 e. The monoisotopic (exact) mass is 182 g/mol. The third kappa shape index (κ3) is 2.23. The van der Waals surface area contributed by atoms with Crippen LogP contribution in [-0.4, -0.2) is 19.1 Å². The van der Waals surface area contributed by atoms with Gasteiger partial charge in [0.2, 0.25) is 0 Å². The van der Waals surface area contributed by atoms with Crippen molar-refractivity contribution in [3.05, 3.63) is 0 Å². The molecule has 2 atom stereocenters. The molecule has 2 aliphatic carbocycles. The molecular formula is C11H22N2. The fourth-order valence-corrected chi connectivity index (χ4v) is 2.36. The minimum absolute atomic E-state index is 0.384. The Morgan fingerprint density at radius 2 is 2.15 bits per heavy atom. The standard InChI is InChI=1S/C11H22N2/c1-11(6-2-3-10(11)12)8-13-7-9-4-5-9/h9-10,13H,2-8,12H2,1H3. The third-order valence-corrected chi connectivity index (χ3v) is 3.82. The molecule has 13 heavy (non-hydrogen) atoms. The molecule has 0 aromatic carbocycles. The Morgan fingerprint density at radius 3 is 2.69 bits per heavy atom. The first-order valence-electron chi connectivity index (χ1n) is 5.67. The first kappa shape index (κ1) is 9.47. The topological polar surface area (TPSA) is 38.0 Å². The molecule has 2 aliphatic rings. The highest BCUT2D eigenvalue weighted by Gasteiger charge is 2.36. The summed E-state index contributed by atoms with van der Waals surface area (Å²) in [6.45, 7) is 4.69. The van der Waals surface area contributed by atoms with E-state index >= 15 is 0 Å². The molecule has 3 N–H and O–H groups in total. The lowest BCUT2D eigenvalue weighted by molar-refractivity contribution is 0.277. The highest BCUT2D eigenvalue weighted by atomic mass is 14.9. The Hall–Kier alpha value is -0.0800. The minimum Gasteiger partial charge on any atom is -0.327 e. The molecule has 0 saturated heterocycles. The molecule has 2 unspecified atom stereocenters. The molecule has 0 amide bonds. The number of hydrogen-bond acceptors (Lipinski definition) is 2. The van der Waals surface area contributed by atoms with Crippen molar-refractivity contribution in [1.29, 1.82) is 0 Å². The average molecular weight is 182 g/mol. The predicted molar refractivity (Wildman–Crippen MR) is 55.5 cm³/mol. The second kappa shape index (κ2) is 3.58. The van der Waals surface area contributed by atoms with Gasteiger partial charge in [0.15, 0.2) is 0 Å². The molecular weight excluding hydrogens is 160 g/mol. The van der Waals surface area contributed by atoms with Crippen molar-refractivity contribution in [3.63, 3.8) is 0 Å². The van der Waals surface area contributed by atoms with Crippen LogP contribution in [0, 0.1) is 11.3 Å².